The van der Waals surface area contributed by atoms with Gasteiger partial charge in [-0.05, 0) is 24.6 Å². The zero-order chi connectivity index (χ0) is 10.8. The normalized spacial score (nSPS) is 13.6. The van der Waals surface area contributed by atoms with Gasteiger partial charge in [0.2, 0.25) is 10.0 Å². The maximum Gasteiger partial charge on any atom is 0.229 e. The summed E-state index contributed by atoms with van der Waals surface area (Å²) in [6.45, 7) is 1.83. The first-order valence-corrected chi connectivity index (χ1v) is 6.43. The molecule has 1 atom stereocenters. The summed E-state index contributed by atoms with van der Waals surface area (Å²) < 4.78 is 24.3. The largest absolute Gasteiger partial charge is 0.284 e. The Morgan fingerprint density at radius 2 is 2.07 bits per heavy atom. The van der Waals surface area contributed by atoms with E-state index in [0.29, 0.717) is 5.69 Å². The molecule has 1 aromatic carbocycles. The Morgan fingerprint density at radius 1 is 1.43 bits per heavy atom. The molecule has 0 fully saturated rings. The van der Waals surface area contributed by atoms with Gasteiger partial charge in [0, 0.05) is 5.69 Å². The standard InChI is InChI=1S/C9H12ClNO2S/c1-7(10)8-4-3-5-9(6-8)11-14(2,12)13/h3-7,11H,1-2H3/t7-/m0/s1. The van der Waals surface area contributed by atoms with E-state index in [-0.39, 0.29) is 5.38 Å². The van der Waals surface area contributed by atoms with Gasteiger partial charge in [-0.15, -0.1) is 11.6 Å². The Balaban J connectivity index is 2.95. The van der Waals surface area contributed by atoms with E-state index in [1.165, 1.54) is 0 Å². The van der Waals surface area contributed by atoms with Crippen LogP contribution in [-0.4, -0.2) is 14.7 Å². The molecule has 1 aromatic rings. The number of rotatable bonds is 3. The lowest BCUT2D eigenvalue weighted by Gasteiger charge is -2.07. The van der Waals surface area contributed by atoms with E-state index in [1.807, 2.05) is 13.0 Å². The van der Waals surface area contributed by atoms with Gasteiger partial charge in [-0.25, -0.2) is 8.42 Å². The van der Waals surface area contributed by atoms with Gasteiger partial charge in [-0.1, -0.05) is 12.1 Å². The van der Waals surface area contributed by atoms with Crippen LogP contribution in [0.1, 0.15) is 17.9 Å². The van der Waals surface area contributed by atoms with Crippen LogP contribution >= 0.6 is 11.6 Å². The number of sulfonamides is 1. The Hall–Kier alpha value is -0.740. The van der Waals surface area contributed by atoms with Gasteiger partial charge in [-0.2, -0.15) is 0 Å². The number of alkyl halides is 1. The fourth-order valence-electron chi connectivity index (χ4n) is 1.06. The van der Waals surface area contributed by atoms with Crippen molar-refractivity contribution in [2.45, 2.75) is 12.3 Å². The molecule has 0 saturated carbocycles. The molecule has 0 heterocycles. The van der Waals surface area contributed by atoms with Crippen molar-refractivity contribution in [3.05, 3.63) is 29.8 Å². The molecular weight excluding hydrogens is 222 g/mol. The second-order valence-electron chi connectivity index (χ2n) is 3.12. The molecule has 0 aliphatic heterocycles. The molecule has 1 N–H and O–H groups in total. The van der Waals surface area contributed by atoms with Crippen LogP contribution in [0.3, 0.4) is 0 Å². The highest BCUT2D eigenvalue weighted by atomic mass is 35.5. The zero-order valence-corrected chi connectivity index (χ0v) is 9.56. The zero-order valence-electron chi connectivity index (χ0n) is 7.99. The first-order chi connectivity index (χ1) is 6.38. The minimum Gasteiger partial charge on any atom is -0.284 e. The molecule has 0 aliphatic carbocycles. The van der Waals surface area contributed by atoms with E-state index in [1.54, 1.807) is 18.2 Å². The second-order valence-corrected chi connectivity index (χ2v) is 5.52. The van der Waals surface area contributed by atoms with Crippen LogP contribution in [0.4, 0.5) is 5.69 Å². The minimum atomic E-state index is -3.21. The van der Waals surface area contributed by atoms with Crippen molar-refractivity contribution in [2.24, 2.45) is 0 Å². The Morgan fingerprint density at radius 3 is 2.57 bits per heavy atom. The summed E-state index contributed by atoms with van der Waals surface area (Å²) in [5, 5.41) is -0.128. The number of anilines is 1. The predicted molar refractivity (Wildman–Crippen MR) is 59.2 cm³/mol. The van der Waals surface area contributed by atoms with E-state index in [9.17, 15) is 8.42 Å². The van der Waals surface area contributed by atoms with Gasteiger partial charge in [0.25, 0.3) is 0 Å². The predicted octanol–water partition coefficient (Wildman–Crippen LogP) is 2.36. The summed E-state index contributed by atoms with van der Waals surface area (Å²) in [7, 11) is -3.21. The monoisotopic (exact) mass is 233 g/mol. The van der Waals surface area contributed by atoms with Gasteiger partial charge in [0.05, 0.1) is 11.6 Å². The lowest BCUT2D eigenvalue weighted by atomic mass is 10.1. The molecule has 0 saturated heterocycles. The van der Waals surface area contributed by atoms with Gasteiger partial charge in [0.1, 0.15) is 0 Å². The van der Waals surface area contributed by atoms with Crippen molar-refractivity contribution in [1.29, 1.82) is 0 Å². The van der Waals surface area contributed by atoms with Crippen LogP contribution in [0.15, 0.2) is 24.3 Å². The topological polar surface area (TPSA) is 46.2 Å². The van der Waals surface area contributed by atoms with Crippen LogP contribution < -0.4 is 4.72 Å². The second kappa shape index (κ2) is 4.19. The number of hydrogen-bond donors (Lipinski definition) is 1. The molecule has 1 rings (SSSR count). The molecule has 0 bridgehead atoms. The van der Waals surface area contributed by atoms with Crippen molar-refractivity contribution in [1.82, 2.24) is 0 Å². The highest BCUT2D eigenvalue weighted by Crippen LogP contribution is 2.22. The van der Waals surface area contributed by atoms with E-state index in [2.05, 4.69) is 4.72 Å². The molecule has 0 spiro atoms. The summed E-state index contributed by atoms with van der Waals surface area (Å²) >= 11 is 5.87. The average Bonchev–Trinajstić information content (AvgIpc) is 2.01. The maximum atomic E-state index is 10.9. The third-order valence-electron chi connectivity index (χ3n) is 1.65. The van der Waals surface area contributed by atoms with Gasteiger partial charge in [-0.3, -0.25) is 4.72 Å². The van der Waals surface area contributed by atoms with Crippen molar-refractivity contribution in [3.63, 3.8) is 0 Å². The minimum absolute atomic E-state index is 0.128. The smallest absolute Gasteiger partial charge is 0.229 e. The lowest BCUT2D eigenvalue weighted by molar-refractivity contribution is 0.607. The maximum absolute atomic E-state index is 10.9. The van der Waals surface area contributed by atoms with Gasteiger partial charge >= 0.3 is 0 Å². The van der Waals surface area contributed by atoms with Crippen molar-refractivity contribution in [3.8, 4) is 0 Å². The van der Waals surface area contributed by atoms with E-state index in [4.69, 9.17) is 11.6 Å². The first kappa shape index (κ1) is 11.3. The summed E-state index contributed by atoms with van der Waals surface area (Å²) in [6.07, 6.45) is 1.11. The van der Waals surface area contributed by atoms with Crippen molar-refractivity contribution >= 4 is 27.3 Å². The van der Waals surface area contributed by atoms with Crippen molar-refractivity contribution < 1.29 is 8.42 Å². The number of benzene rings is 1. The van der Waals surface area contributed by atoms with Crippen LogP contribution in [0.5, 0.6) is 0 Å². The molecule has 0 aliphatic rings. The molecule has 0 unspecified atom stereocenters. The van der Waals surface area contributed by atoms with Crippen molar-refractivity contribution in [2.75, 3.05) is 11.0 Å². The fourth-order valence-corrected chi connectivity index (χ4v) is 1.75. The molecule has 5 heteroatoms. The van der Waals surface area contributed by atoms with E-state index in [0.717, 1.165) is 11.8 Å². The Bertz CT molecular complexity index is 415. The van der Waals surface area contributed by atoms with Gasteiger partial charge in [0.15, 0.2) is 0 Å². The fraction of sp³-hybridized carbons (Fsp3) is 0.333. The summed E-state index contributed by atoms with van der Waals surface area (Å²) in [5.41, 5.74) is 1.43. The van der Waals surface area contributed by atoms with Crippen LogP contribution in [-0.2, 0) is 10.0 Å². The molecule has 0 aromatic heterocycles. The van der Waals surface area contributed by atoms with Gasteiger partial charge < -0.3 is 0 Å². The Labute approximate surface area is 89.1 Å². The number of nitrogens with one attached hydrogen (secondary N) is 1. The van der Waals surface area contributed by atoms with Crippen LogP contribution in [0, 0.1) is 0 Å². The highest BCUT2D eigenvalue weighted by molar-refractivity contribution is 7.92. The Kier molecular flexibility index (Phi) is 3.39. The van der Waals surface area contributed by atoms with E-state index < -0.39 is 10.0 Å². The molecule has 0 amide bonds. The lowest BCUT2D eigenvalue weighted by Crippen LogP contribution is -2.09. The SMILES string of the molecule is C[C@H](Cl)c1cccc(NS(C)(=O)=O)c1. The molecule has 0 radical (unpaired) electrons. The first-order valence-electron chi connectivity index (χ1n) is 4.10. The van der Waals surface area contributed by atoms with E-state index >= 15 is 0 Å². The summed E-state index contributed by atoms with van der Waals surface area (Å²) in [5.74, 6) is 0. The van der Waals surface area contributed by atoms with Crippen LogP contribution in [0.25, 0.3) is 0 Å². The molecular formula is C9H12ClNO2S. The van der Waals surface area contributed by atoms with Crippen LogP contribution in [0.2, 0.25) is 0 Å². The average molecular weight is 234 g/mol. The summed E-state index contributed by atoms with van der Waals surface area (Å²) in [6, 6.07) is 7.02. The molecule has 78 valence electrons. The quantitative estimate of drug-likeness (QED) is 0.815. The third kappa shape index (κ3) is 3.55. The molecule has 3 nitrogen and oxygen atoms in total. The highest BCUT2D eigenvalue weighted by Gasteiger charge is 2.04. The number of halogens is 1. The third-order valence-corrected chi connectivity index (χ3v) is 2.51. The molecule has 14 heavy (non-hydrogen) atoms. The summed E-state index contributed by atoms with van der Waals surface area (Å²) in [4.78, 5) is 0. The number of hydrogen-bond acceptors (Lipinski definition) is 2.